The number of carbonyl (C=O) groups excluding carboxylic acids is 1. The molecule has 0 aromatic heterocycles. The third kappa shape index (κ3) is 4.62. The van der Waals surface area contributed by atoms with E-state index in [1.807, 2.05) is 31.2 Å². The van der Waals surface area contributed by atoms with Crippen LogP contribution in [-0.4, -0.2) is 50.6 Å². The molecule has 1 saturated heterocycles. The molecule has 30 heavy (non-hydrogen) atoms. The van der Waals surface area contributed by atoms with Crippen LogP contribution in [0.1, 0.15) is 53.7 Å². The lowest BCUT2D eigenvalue weighted by Gasteiger charge is -2.32. The first-order valence-corrected chi connectivity index (χ1v) is 11.2. The number of likely N-dealkylation sites (tertiary alicyclic amines) is 1. The molecular weight excluding hydrogens is 374 g/mol. The topological polar surface area (TPSA) is 44.8 Å². The minimum Gasteiger partial charge on any atom is -0.494 e. The minimum absolute atomic E-state index is 0.0278. The number of carbonyl (C=O) groups is 1. The van der Waals surface area contributed by atoms with Crippen LogP contribution in [-0.2, 0) is 6.42 Å². The van der Waals surface area contributed by atoms with E-state index < -0.39 is 0 Å². The van der Waals surface area contributed by atoms with Crippen LogP contribution in [0.3, 0.4) is 0 Å². The predicted molar refractivity (Wildman–Crippen MR) is 122 cm³/mol. The molecule has 2 aromatic carbocycles. The molecule has 1 fully saturated rings. The number of nitrogens with zero attached hydrogens (tertiary/aromatic N) is 2. The first kappa shape index (κ1) is 20.7. The van der Waals surface area contributed by atoms with Gasteiger partial charge in [-0.15, -0.1) is 0 Å². The van der Waals surface area contributed by atoms with E-state index in [4.69, 9.17) is 4.74 Å². The maximum atomic E-state index is 12.8. The Bertz CT molecular complexity index is 859. The molecule has 2 aliphatic heterocycles. The quantitative estimate of drug-likeness (QED) is 0.753. The largest absolute Gasteiger partial charge is 0.494 e. The van der Waals surface area contributed by atoms with Crippen LogP contribution in [0.4, 0.5) is 5.69 Å². The fourth-order valence-electron chi connectivity index (χ4n) is 4.68. The molecule has 5 nitrogen and oxygen atoms in total. The van der Waals surface area contributed by atoms with Gasteiger partial charge in [0.2, 0.25) is 0 Å². The van der Waals surface area contributed by atoms with E-state index in [9.17, 15) is 4.79 Å². The molecular formula is C25H33N3O2. The Kier molecular flexibility index (Phi) is 6.58. The Labute approximate surface area is 180 Å². The van der Waals surface area contributed by atoms with Gasteiger partial charge in [-0.25, -0.2) is 0 Å². The van der Waals surface area contributed by atoms with Gasteiger partial charge in [-0.3, -0.25) is 9.69 Å². The fraction of sp³-hybridized carbons (Fsp3) is 0.480. The summed E-state index contributed by atoms with van der Waals surface area (Å²) in [6, 6.07) is 14.5. The van der Waals surface area contributed by atoms with Crippen LogP contribution in [0, 0.1) is 0 Å². The highest BCUT2D eigenvalue weighted by atomic mass is 16.5. The molecule has 0 saturated carbocycles. The van der Waals surface area contributed by atoms with Gasteiger partial charge in [-0.05, 0) is 87.2 Å². The van der Waals surface area contributed by atoms with Gasteiger partial charge in [0.15, 0.2) is 0 Å². The summed E-state index contributed by atoms with van der Waals surface area (Å²) in [5.74, 6) is 0.767. The lowest BCUT2D eigenvalue weighted by atomic mass is 9.96. The standard InChI is InChI=1S/C25H33N3O2/c1-3-30-22-11-8-19(9-12-22)25(29)26-18-24(28-15-4-5-16-28)21-10-13-23-20(17-21)7-6-14-27(23)2/h8-13,17,24H,3-7,14-16,18H2,1-2H3,(H,26,29)/t24-/m0/s1. The van der Waals surface area contributed by atoms with Crippen LogP contribution in [0.2, 0.25) is 0 Å². The number of aryl methyl sites for hydroxylation is 1. The number of anilines is 1. The second kappa shape index (κ2) is 9.52. The third-order valence-corrected chi connectivity index (χ3v) is 6.30. The van der Waals surface area contributed by atoms with Gasteiger partial charge in [-0.2, -0.15) is 0 Å². The summed E-state index contributed by atoms with van der Waals surface area (Å²) in [6.07, 6.45) is 4.81. The van der Waals surface area contributed by atoms with Crippen LogP contribution in [0.25, 0.3) is 0 Å². The molecule has 2 aliphatic rings. The molecule has 4 rings (SSSR count). The third-order valence-electron chi connectivity index (χ3n) is 6.30. The number of rotatable bonds is 7. The lowest BCUT2D eigenvalue weighted by molar-refractivity contribution is 0.0938. The highest BCUT2D eigenvalue weighted by Gasteiger charge is 2.25. The Hall–Kier alpha value is -2.53. The number of hydrogen-bond acceptors (Lipinski definition) is 4. The zero-order valence-electron chi connectivity index (χ0n) is 18.2. The second-order valence-electron chi connectivity index (χ2n) is 8.34. The summed E-state index contributed by atoms with van der Waals surface area (Å²) in [6.45, 7) is 6.53. The molecule has 1 atom stereocenters. The lowest BCUT2D eigenvalue weighted by Crippen LogP contribution is -2.37. The van der Waals surface area contributed by atoms with Gasteiger partial charge in [-0.1, -0.05) is 12.1 Å². The number of fused-ring (bicyclic) bond motifs is 1. The van der Waals surface area contributed by atoms with Crippen molar-refractivity contribution in [2.24, 2.45) is 0 Å². The number of ether oxygens (including phenoxy) is 1. The summed E-state index contributed by atoms with van der Waals surface area (Å²) in [7, 11) is 2.17. The van der Waals surface area contributed by atoms with E-state index in [-0.39, 0.29) is 11.9 Å². The van der Waals surface area contributed by atoms with Crippen molar-refractivity contribution < 1.29 is 9.53 Å². The van der Waals surface area contributed by atoms with Crippen molar-refractivity contribution >= 4 is 11.6 Å². The average molecular weight is 408 g/mol. The van der Waals surface area contributed by atoms with Crippen LogP contribution in [0.5, 0.6) is 5.75 Å². The smallest absolute Gasteiger partial charge is 0.251 e. The summed E-state index contributed by atoms with van der Waals surface area (Å²) in [5, 5.41) is 3.18. The average Bonchev–Trinajstić information content (AvgIpc) is 3.29. The molecule has 0 bridgehead atoms. The summed E-state index contributed by atoms with van der Waals surface area (Å²) >= 11 is 0. The molecule has 5 heteroatoms. The van der Waals surface area contributed by atoms with Crippen molar-refractivity contribution in [3.63, 3.8) is 0 Å². The van der Waals surface area contributed by atoms with Crippen molar-refractivity contribution in [2.45, 2.75) is 38.6 Å². The SMILES string of the molecule is CCOc1ccc(C(=O)NC[C@@H](c2ccc3c(c2)CCCN3C)N2CCCC2)cc1. The zero-order valence-corrected chi connectivity index (χ0v) is 18.2. The Morgan fingerprint density at radius 2 is 1.83 bits per heavy atom. The normalized spacial score (nSPS) is 17.5. The van der Waals surface area contributed by atoms with Crippen molar-refractivity contribution in [3.8, 4) is 5.75 Å². The Balaban J connectivity index is 1.48. The van der Waals surface area contributed by atoms with E-state index >= 15 is 0 Å². The van der Waals surface area contributed by atoms with Gasteiger partial charge in [0.25, 0.3) is 5.91 Å². The number of nitrogens with one attached hydrogen (secondary N) is 1. The molecule has 160 valence electrons. The summed E-state index contributed by atoms with van der Waals surface area (Å²) in [5.41, 5.74) is 4.77. The predicted octanol–water partition coefficient (Wildman–Crippen LogP) is 4.03. The van der Waals surface area contributed by atoms with E-state index in [1.54, 1.807) is 0 Å². The molecule has 0 spiro atoms. The molecule has 1 N–H and O–H groups in total. The highest BCUT2D eigenvalue weighted by Crippen LogP contribution is 2.32. The maximum absolute atomic E-state index is 12.8. The minimum atomic E-state index is -0.0278. The number of amides is 1. The van der Waals surface area contributed by atoms with Crippen LogP contribution < -0.4 is 15.0 Å². The monoisotopic (exact) mass is 407 g/mol. The van der Waals surface area contributed by atoms with E-state index in [2.05, 4.69) is 40.4 Å². The fourth-order valence-corrected chi connectivity index (χ4v) is 4.68. The zero-order chi connectivity index (χ0) is 20.9. The molecule has 0 aliphatic carbocycles. The van der Waals surface area contributed by atoms with Crippen molar-refractivity contribution in [1.29, 1.82) is 0 Å². The molecule has 2 heterocycles. The van der Waals surface area contributed by atoms with Crippen molar-refractivity contribution in [3.05, 3.63) is 59.2 Å². The highest BCUT2D eigenvalue weighted by molar-refractivity contribution is 5.94. The Morgan fingerprint density at radius 3 is 2.57 bits per heavy atom. The molecule has 0 radical (unpaired) electrons. The van der Waals surface area contributed by atoms with Crippen LogP contribution in [0.15, 0.2) is 42.5 Å². The molecule has 0 unspecified atom stereocenters. The van der Waals surface area contributed by atoms with Crippen LogP contribution >= 0.6 is 0 Å². The first-order chi connectivity index (χ1) is 14.7. The van der Waals surface area contributed by atoms with E-state index in [1.165, 1.54) is 36.1 Å². The van der Waals surface area contributed by atoms with Crippen molar-refractivity contribution in [1.82, 2.24) is 10.2 Å². The number of benzene rings is 2. The van der Waals surface area contributed by atoms with Gasteiger partial charge >= 0.3 is 0 Å². The summed E-state index contributed by atoms with van der Waals surface area (Å²) in [4.78, 5) is 17.6. The maximum Gasteiger partial charge on any atom is 0.251 e. The van der Waals surface area contributed by atoms with Crippen molar-refractivity contribution in [2.75, 3.05) is 44.7 Å². The van der Waals surface area contributed by atoms with E-state index in [0.717, 1.165) is 31.8 Å². The second-order valence-corrected chi connectivity index (χ2v) is 8.34. The Morgan fingerprint density at radius 1 is 1.07 bits per heavy atom. The molecule has 2 aromatic rings. The van der Waals surface area contributed by atoms with E-state index in [0.29, 0.717) is 18.7 Å². The number of hydrogen-bond donors (Lipinski definition) is 1. The summed E-state index contributed by atoms with van der Waals surface area (Å²) < 4.78 is 5.48. The van der Waals surface area contributed by atoms with Gasteiger partial charge < -0.3 is 15.0 Å². The van der Waals surface area contributed by atoms with Gasteiger partial charge in [0.1, 0.15) is 5.75 Å². The van der Waals surface area contributed by atoms with Gasteiger partial charge in [0.05, 0.1) is 12.6 Å². The first-order valence-electron chi connectivity index (χ1n) is 11.2. The van der Waals surface area contributed by atoms with Gasteiger partial charge in [0, 0.05) is 31.4 Å². The molecule has 1 amide bonds.